The molecular formula is C12H19ClN2O. The first-order chi connectivity index (χ1) is 7.63. The average Bonchev–Trinajstić information content (AvgIpc) is 2.24. The van der Waals surface area contributed by atoms with Crippen molar-refractivity contribution >= 4 is 11.6 Å². The van der Waals surface area contributed by atoms with Crippen molar-refractivity contribution in [2.45, 2.75) is 32.9 Å². The van der Waals surface area contributed by atoms with E-state index in [2.05, 4.69) is 23.7 Å². The summed E-state index contributed by atoms with van der Waals surface area (Å²) in [7, 11) is 0. The van der Waals surface area contributed by atoms with E-state index >= 15 is 0 Å². The number of aromatic nitrogens is 1. The fraction of sp³-hybridized carbons (Fsp3) is 0.583. The van der Waals surface area contributed by atoms with E-state index in [0.29, 0.717) is 11.2 Å². The zero-order valence-corrected chi connectivity index (χ0v) is 10.6. The van der Waals surface area contributed by atoms with E-state index in [9.17, 15) is 0 Å². The Morgan fingerprint density at radius 2 is 2.19 bits per heavy atom. The van der Waals surface area contributed by atoms with Crippen molar-refractivity contribution in [1.29, 1.82) is 0 Å². The molecule has 0 aromatic carbocycles. The van der Waals surface area contributed by atoms with Crippen LogP contribution >= 0.6 is 11.6 Å². The van der Waals surface area contributed by atoms with Crippen LogP contribution in [0.4, 0.5) is 0 Å². The maximum atomic E-state index is 8.84. The zero-order chi connectivity index (χ0) is 12.0. The first-order valence-corrected chi connectivity index (χ1v) is 5.97. The Morgan fingerprint density at radius 3 is 2.75 bits per heavy atom. The molecule has 16 heavy (non-hydrogen) atoms. The Hall–Kier alpha value is -0.640. The van der Waals surface area contributed by atoms with Gasteiger partial charge in [-0.3, -0.25) is 4.90 Å². The van der Waals surface area contributed by atoms with E-state index in [0.717, 1.165) is 25.2 Å². The van der Waals surface area contributed by atoms with Gasteiger partial charge in [-0.15, -0.1) is 0 Å². The van der Waals surface area contributed by atoms with E-state index in [4.69, 9.17) is 16.7 Å². The van der Waals surface area contributed by atoms with Gasteiger partial charge in [-0.25, -0.2) is 4.98 Å². The van der Waals surface area contributed by atoms with Gasteiger partial charge in [0.05, 0.1) is 5.69 Å². The predicted molar refractivity (Wildman–Crippen MR) is 66.5 cm³/mol. The number of pyridine rings is 1. The molecule has 0 saturated heterocycles. The number of aliphatic hydroxyl groups excluding tert-OH is 1. The molecule has 1 aromatic rings. The van der Waals surface area contributed by atoms with Crippen molar-refractivity contribution in [1.82, 2.24) is 9.88 Å². The molecule has 0 spiro atoms. The Morgan fingerprint density at radius 1 is 1.44 bits per heavy atom. The van der Waals surface area contributed by atoms with Crippen molar-refractivity contribution in [3.8, 4) is 0 Å². The van der Waals surface area contributed by atoms with Crippen molar-refractivity contribution in [3.05, 3.63) is 29.0 Å². The van der Waals surface area contributed by atoms with E-state index in [1.165, 1.54) is 0 Å². The first-order valence-electron chi connectivity index (χ1n) is 5.60. The highest BCUT2D eigenvalue weighted by molar-refractivity contribution is 6.29. The third-order valence-corrected chi connectivity index (χ3v) is 2.68. The molecule has 4 heteroatoms. The lowest BCUT2D eigenvalue weighted by Crippen LogP contribution is -2.32. The standard InChI is InChI=1S/C12H19ClN2O/c1-10(2)15(7-4-8-16)9-11-5-3-6-12(13)14-11/h3,5-6,10,16H,4,7-9H2,1-2H3. The topological polar surface area (TPSA) is 36.4 Å². The van der Waals surface area contributed by atoms with Gasteiger partial charge in [0.15, 0.2) is 0 Å². The monoisotopic (exact) mass is 242 g/mol. The summed E-state index contributed by atoms with van der Waals surface area (Å²) < 4.78 is 0. The summed E-state index contributed by atoms with van der Waals surface area (Å²) in [4.78, 5) is 6.54. The molecule has 1 aromatic heterocycles. The highest BCUT2D eigenvalue weighted by atomic mass is 35.5. The van der Waals surface area contributed by atoms with Crippen molar-refractivity contribution in [3.63, 3.8) is 0 Å². The lowest BCUT2D eigenvalue weighted by atomic mass is 10.2. The third kappa shape index (κ3) is 4.47. The molecule has 1 N–H and O–H groups in total. The van der Waals surface area contributed by atoms with Crippen molar-refractivity contribution < 1.29 is 5.11 Å². The molecule has 90 valence electrons. The number of hydrogen-bond acceptors (Lipinski definition) is 3. The summed E-state index contributed by atoms with van der Waals surface area (Å²) in [5.74, 6) is 0. The van der Waals surface area contributed by atoms with Crippen LogP contribution in [-0.4, -0.2) is 34.2 Å². The van der Waals surface area contributed by atoms with Crippen molar-refractivity contribution in [2.24, 2.45) is 0 Å². The second-order valence-corrected chi connectivity index (χ2v) is 4.48. The highest BCUT2D eigenvalue weighted by Gasteiger charge is 2.10. The molecule has 0 radical (unpaired) electrons. The Bertz CT molecular complexity index is 318. The maximum absolute atomic E-state index is 8.84. The maximum Gasteiger partial charge on any atom is 0.129 e. The Kier molecular flexibility index (Phi) is 5.74. The van der Waals surface area contributed by atoms with Gasteiger partial charge in [0.25, 0.3) is 0 Å². The van der Waals surface area contributed by atoms with Crippen LogP contribution in [0.25, 0.3) is 0 Å². The molecule has 3 nitrogen and oxygen atoms in total. The number of halogens is 1. The molecule has 1 heterocycles. The number of aliphatic hydroxyl groups is 1. The summed E-state index contributed by atoms with van der Waals surface area (Å²) >= 11 is 5.84. The van der Waals surface area contributed by atoms with Gasteiger partial charge < -0.3 is 5.11 Å². The quantitative estimate of drug-likeness (QED) is 0.778. The third-order valence-electron chi connectivity index (χ3n) is 2.47. The molecule has 0 aliphatic rings. The molecular weight excluding hydrogens is 224 g/mol. The largest absolute Gasteiger partial charge is 0.396 e. The van der Waals surface area contributed by atoms with Crippen molar-refractivity contribution in [2.75, 3.05) is 13.2 Å². The van der Waals surface area contributed by atoms with E-state index in [1.54, 1.807) is 6.07 Å². The van der Waals surface area contributed by atoms with Crippen LogP contribution < -0.4 is 0 Å². The average molecular weight is 243 g/mol. The molecule has 0 aliphatic heterocycles. The van der Waals surface area contributed by atoms with E-state index < -0.39 is 0 Å². The van der Waals surface area contributed by atoms with Crippen LogP contribution in [0.1, 0.15) is 26.0 Å². The summed E-state index contributed by atoms with van der Waals surface area (Å²) in [5.41, 5.74) is 0.971. The van der Waals surface area contributed by atoms with Crippen LogP contribution in [0.15, 0.2) is 18.2 Å². The number of hydrogen-bond donors (Lipinski definition) is 1. The van der Waals surface area contributed by atoms with Crippen LogP contribution in [-0.2, 0) is 6.54 Å². The van der Waals surface area contributed by atoms with Gasteiger partial charge in [0, 0.05) is 25.7 Å². The first kappa shape index (κ1) is 13.4. The fourth-order valence-electron chi connectivity index (χ4n) is 1.54. The second kappa shape index (κ2) is 6.84. The molecule has 0 fully saturated rings. The molecule has 0 atom stereocenters. The van der Waals surface area contributed by atoms with Gasteiger partial charge >= 0.3 is 0 Å². The fourth-order valence-corrected chi connectivity index (χ4v) is 1.72. The van der Waals surface area contributed by atoms with Crippen LogP contribution in [0.2, 0.25) is 5.15 Å². The molecule has 0 amide bonds. The van der Waals surface area contributed by atoms with Gasteiger partial charge in [0.2, 0.25) is 0 Å². The Balaban J connectivity index is 2.60. The SMILES string of the molecule is CC(C)N(CCCO)Cc1cccc(Cl)n1. The minimum absolute atomic E-state index is 0.228. The molecule has 0 aliphatic carbocycles. The van der Waals surface area contributed by atoms with Gasteiger partial charge in [-0.2, -0.15) is 0 Å². The summed E-state index contributed by atoms with van der Waals surface area (Å²) in [6, 6.07) is 6.10. The summed E-state index contributed by atoms with van der Waals surface area (Å²) in [5, 5.41) is 9.37. The van der Waals surface area contributed by atoms with Crippen LogP contribution in [0.5, 0.6) is 0 Å². The van der Waals surface area contributed by atoms with Gasteiger partial charge in [-0.05, 0) is 32.4 Å². The van der Waals surface area contributed by atoms with E-state index in [1.807, 2.05) is 12.1 Å². The van der Waals surface area contributed by atoms with Crippen LogP contribution in [0, 0.1) is 0 Å². The number of nitrogens with zero attached hydrogens (tertiary/aromatic N) is 2. The second-order valence-electron chi connectivity index (χ2n) is 4.09. The van der Waals surface area contributed by atoms with Crippen LogP contribution in [0.3, 0.4) is 0 Å². The molecule has 1 rings (SSSR count). The minimum atomic E-state index is 0.228. The zero-order valence-electron chi connectivity index (χ0n) is 9.86. The molecule has 0 bridgehead atoms. The smallest absolute Gasteiger partial charge is 0.129 e. The molecule has 0 unspecified atom stereocenters. The lowest BCUT2D eigenvalue weighted by Gasteiger charge is -2.25. The normalized spacial score (nSPS) is 11.4. The Labute approximate surface area is 102 Å². The highest BCUT2D eigenvalue weighted by Crippen LogP contribution is 2.10. The summed E-state index contributed by atoms with van der Waals surface area (Å²) in [6.45, 7) is 6.16. The van der Waals surface area contributed by atoms with Gasteiger partial charge in [0.1, 0.15) is 5.15 Å². The molecule has 0 saturated carbocycles. The van der Waals surface area contributed by atoms with E-state index in [-0.39, 0.29) is 6.61 Å². The van der Waals surface area contributed by atoms with Gasteiger partial charge in [-0.1, -0.05) is 17.7 Å². The number of rotatable bonds is 6. The lowest BCUT2D eigenvalue weighted by molar-refractivity contribution is 0.183. The predicted octanol–water partition coefficient (Wildman–Crippen LogP) is 2.33. The summed E-state index contributed by atoms with van der Waals surface area (Å²) in [6.07, 6.45) is 0.790. The minimum Gasteiger partial charge on any atom is -0.396 e.